The van der Waals surface area contributed by atoms with Gasteiger partial charge in [-0.3, -0.25) is 4.40 Å². The highest BCUT2D eigenvalue weighted by Crippen LogP contribution is 2.34. The fourth-order valence-electron chi connectivity index (χ4n) is 2.71. The van der Waals surface area contributed by atoms with Gasteiger partial charge in [0.2, 0.25) is 0 Å². The monoisotopic (exact) mass is 402 g/mol. The van der Waals surface area contributed by atoms with Gasteiger partial charge in [0, 0.05) is 18.5 Å². The van der Waals surface area contributed by atoms with E-state index in [9.17, 15) is 8.78 Å². The van der Waals surface area contributed by atoms with Gasteiger partial charge in [-0.2, -0.15) is 8.78 Å². The van der Waals surface area contributed by atoms with Gasteiger partial charge in [-0.05, 0) is 17.7 Å². The Labute approximate surface area is 163 Å². The molecule has 2 aromatic carbocycles. The van der Waals surface area contributed by atoms with Crippen molar-refractivity contribution in [2.45, 2.75) is 13.2 Å². The Bertz CT molecular complexity index is 1110. The number of imidazole rings is 1. The number of rotatable bonds is 6. The number of aromatic nitrogens is 4. The number of fused-ring (bicyclic) bond motifs is 1. The van der Waals surface area contributed by atoms with Crippen LogP contribution < -0.4 is 9.47 Å². The van der Waals surface area contributed by atoms with Crippen LogP contribution >= 0.6 is 11.6 Å². The van der Waals surface area contributed by atoms with Gasteiger partial charge in [-0.1, -0.05) is 41.9 Å². The van der Waals surface area contributed by atoms with Crippen LogP contribution in [0.1, 0.15) is 5.56 Å². The van der Waals surface area contributed by atoms with Crippen LogP contribution in [0.5, 0.6) is 11.5 Å². The van der Waals surface area contributed by atoms with Gasteiger partial charge in [0.05, 0.1) is 5.56 Å². The number of nitrogens with zero attached hydrogens (tertiary/aromatic N) is 4. The Hall–Kier alpha value is -3.26. The maximum Gasteiger partial charge on any atom is 0.387 e. The van der Waals surface area contributed by atoms with Crippen molar-refractivity contribution in [1.29, 1.82) is 0 Å². The fraction of sp³-hybridized carbons (Fsp3) is 0.105. The number of hydrogen-bond acceptors (Lipinski definition) is 5. The summed E-state index contributed by atoms with van der Waals surface area (Å²) in [5, 5.41) is 8.19. The minimum Gasteiger partial charge on any atom is -0.488 e. The molecule has 0 bridgehead atoms. The zero-order valence-corrected chi connectivity index (χ0v) is 15.1. The largest absolute Gasteiger partial charge is 0.488 e. The molecule has 0 fully saturated rings. The average Bonchev–Trinajstić information content (AvgIpc) is 3.18. The summed E-state index contributed by atoms with van der Waals surface area (Å²) in [6.07, 6.45) is 3.24. The smallest absolute Gasteiger partial charge is 0.387 e. The Morgan fingerprint density at radius 2 is 1.89 bits per heavy atom. The van der Waals surface area contributed by atoms with Crippen LogP contribution in [0.2, 0.25) is 5.15 Å². The molecule has 0 radical (unpaired) electrons. The third kappa shape index (κ3) is 3.72. The van der Waals surface area contributed by atoms with E-state index in [4.69, 9.17) is 16.3 Å². The summed E-state index contributed by atoms with van der Waals surface area (Å²) < 4.78 is 37.3. The Morgan fingerprint density at radius 1 is 1.07 bits per heavy atom. The molecule has 6 nitrogen and oxygen atoms in total. The number of benzene rings is 2. The lowest BCUT2D eigenvalue weighted by atomic mass is 10.1. The van der Waals surface area contributed by atoms with Crippen LogP contribution in [0.4, 0.5) is 8.78 Å². The van der Waals surface area contributed by atoms with Crippen molar-refractivity contribution in [2.24, 2.45) is 0 Å². The molecule has 0 unspecified atom stereocenters. The summed E-state index contributed by atoms with van der Waals surface area (Å²) in [7, 11) is 0. The van der Waals surface area contributed by atoms with E-state index in [1.807, 2.05) is 30.3 Å². The van der Waals surface area contributed by atoms with E-state index in [2.05, 4.69) is 19.9 Å². The summed E-state index contributed by atoms with van der Waals surface area (Å²) in [4.78, 5) is 4.15. The second-order valence-electron chi connectivity index (χ2n) is 5.75. The second kappa shape index (κ2) is 7.77. The molecule has 0 atom stereocenters. The number of halogens is 3. The van der Waals surface area contributed by atoms with E-state index in [-0.39, 0.29) is 17.5 Å². The summed E-state index contributed by atoms with van der Waals surface area (Å²) in [6, 6.07) is 13.8. The molecule has 0 aliphatic heterocycles. The van der Waals surface area contributed by atoms with Gasteiger partial charge in [0.15, 0.2) is 16.6 Å². The second-order valence-corrected chi connectivity index (χ2v) is 6.10. The van der Waals surface area contributed by atoms with Crippen molar-refractivity contribution >= 4 is 17.2 Å². The number of alkyl halides is 2. The number of ether oxygens (including phenoxy) is 2. The highest BCUT2D eigenvalue weighted by Gasteiger charge is 2.17. The van der Waals surface area contributed by atoms with Gasteiger partial charge in [0.25, 0.3) is 0 Å². The number of hydrogen-bond donors (Lipinski definition) is 0. The third-order valence-corrected chi connectivity index (χ3v) is 4.19. The fourth-order valence-corrected chi connectivity index (χ4v) is 2.89. The zero-order chi connectivity index (χ0) is 19.5. The van der Waals surface area contributed by atoms with E-state index in [0.29, 0.717) is 22.8 Å². The molecule has 0 saturated carbocycles. The average molecular weight is 403 g/mol. The SMILES string of the molecule is FC(F)Oc1ccc(-c2nnc(Cl)c3nccn23)c(OCc2ccccc2)c1. The summed E-state index contributed by atoms with van der Waals surface area (Å²) >= 11 is 6.03. The van der Waals surface area contributed by atoms with E-state index in [1.54, 1.807) is 22.9 Å². The van der Waals surface area contributed by atoms with E-state index >= 15 is 0 Å². The lowest BCUT2D eigenvalue weighted by Gasteiger charge is -2.14. The van der Waals surface area contributed by atoms with Crippen LogP contribution in [0.15, 0.2) is 60.9 Å². The predicted molar refractivity (Wildman–Crippen MR) is 98.6 cm³/mol. The molecule has 0 spiro atoms. The van der Waals surface area contributed by atoms with Gasteiger partial charge in [-0.25, -0.2) is 4.98 Å². The van der Waals surface area contributed by atoms with Crippen LogP contribution in [0.25, 0.3) is 17.0 Å². The highest BCUT2D eigenvalue weighted by atomic mass is 35.5. The first kappa shape index (κ1) is 18.1. The lowest BCUT2D eigenvalue weighted by Crippen LogP contribution is -2.05. The zero-order valence-electron chi connectivity index (χ0n) is 14.3. The topological polar surface area (TPSA) is 61.5 Å². The maximum absolute atomic E-state index is 12.6. The van der Waals surface area contributed by atoms with Crippen molar-refractivity contribution < 1.29 is 18.3 Å². The lowest BCUT2D eigenvalue weighted by molar-refractivity contribution is -0.0499. The first-order valence-electron chi connectivity index (χ1n) is 8.23. The van der Waals surface area contributed by atoms with E-state index in [0.717, 1.165) is 5.56 Å². The van der Waals surface area contributed by atoms with E-state index < -0.39 is 6.61 Å². The molecule has 0 saturated heterocycles. The molecule has 4 aromatic rings. The normalized spacial score (nSPS) is 11.1. The van der Waals surface area contributed by atoms with Crippen molar-refractivity contribution in [3.63, 3.8) is 0 Å². The van der Waals surface area contributed by atoms with Crippen molar-refractivity contribution in [3.05, 3.63) is 71.6 Å². The van der Waals surface area contributed by atoms with Crippen molar-refractivity contribution in [3.8, 4) is 22.9 Å². The Kier molecular flexibility index (Phi) is 5.03. The van der Waals surface area contributed by atoms with Gasteiger partial charge >= 0.3 is 6.61 Å². The van der Waals surface area contributed by atoms with Gasteiger partial charge in [-0.15, -0.1) is 10.2 Å². The molecule has 0 amide bonds. The molecular formula is C19H13ClF2N4O2. The summed E-state index contributed by atoms with van der Waals surface area (Å²) in [6.45, 7) is -2.71. The Morgan fingerprint density at radius 3 is 2.68 bits per heavy atom. The van der Waals surface area contributed by atoms with Crippen LogP contribution in [0.3, 0.4) is 0 Å². The van der Waals surface area contributed by atoms with Gasteiger partial charge in [0.1, 0.15) is 18.1 Å². The summed E-state index contributed by atoms with van der Waals surface area (Å²) in [5.41, 5.74) is 1.88. The quantitative estimate of drug-likeness (QED) is 0.470. The van der Waals surface area contributed by atoms with Crippen LogP contribution in [0, 0.1) is 0 Å². The molecule has 0 N–H and O–H groups in total. The molecule has 2 heterocycles. The molecular weight excluding hydrogens is 390 g/mol. The van der Waals surface area contributed by atoms with Crippen LogP contribution in [-0.2, 0) is 6.61 Å². The Balaban J connectivity index is 1.76. The van der Waals surface area contributed by atoms with Crippen molar-refractivity contribution in [2.75, 3.05) is 0 Å². The first-order valence-corrected chi connectivity index (χ1v) is 8.61. The third-order valence-electron chi connectivity index (χ3n) is 3.94. The minimum atomic E-state index is -2.94. The molecule has 2 aromatic heterocycles. The molecule has 4 rings (SSSR count). The molecule has 28 heavy (non-hydrogen) atoms. The molecule has 142 valence electrons. The highest BCUT2D eigenvalue weighted by molar-refractivity contribution is 6.32. The van der Waals surface area contributed by atoms with Crippen molar-refractivity contribution in [1.82, 2.24) is 19.6 Å². The molecule has 0 aliphatic carbocycles. The standard InChI is InChI=1S/C19H13ClF2N4O2/c20-16-18-23-8-9-26(18)17(25-24-16)14-7-6-13(28-19(21)22)10-15(14)27-11-12-4-2-1-3-5-12/h1-10,19H,11H2. The summed E-state index contributed by atoms with van der Waals surface area (Å²) in [5.74, 6) is 0.697. The molecule has 9 heteroatoms. The van der Waals surface area contributed by atoms with E-state index in [1.165, 1.54) is 12.1 Å². The first-order chi connectivity index (χ1) is 13.6. The predicted octanol–water partition coefficient (Wildman–Crippen LogP) is 4.63. The maximum atomic E-state index is 12.6. The minimum absolute atomic E-state index is 0.0226. The molecule has 0 aliphatic rings. The van der Waals surface area contributed by atoms with Gasteiger partial charge < -0.3 is 9.47 Å². The van der Waals surface area contributed by atoms with Crippen LogP contribution in [-0.4, -0.2) is 26.2 Å².